The van der Waals surface area contributed by atoms with E-state index in [0.29, 0.717) is 11.8 Å². The Balaban J connectivity index is 2.13. The molecule has 1 aromatic rings. The molecule has 1 heterocycles. The Morgan fingerprint density at radius 2 is 2.45 bits per heavy atom. The lowest BCUT2D eigenvalue weighted by Gasteiger charge is -1.84. The number of H-pyrrole nitrogens is 1. The van der Waals surface area contributed by atoms with Crippen LogP contribution in [0.2, 0.25) is 0 Å². The first-order chi connectivity index (χ1) is 5.31. The molecule has 1 fully saturated rings. The van der Waals surface area contributed by atoms with Crippen molar-refractivity contribution in [3.05, 3.63) is 11.6 Å². The number of aromatic amines is 1. The number of hydrogen-bond donors (Lipinski definition) is 1. The van der Waals surface area contributed by atoms with Crippen molar-refractivity contribution in [3.8, 4) is 0 Å². The first-order valence-electron chi connectivity index (χ1n) is 3.78. The van der Waals surface area contributed by atoms with Gasteiger partial charge in [-0.1, -0.05) is 6.92 Å². The number of halogens is 1. The van der Waals surface area contributed by atoms with Gasteiger partial charge in [-0.25, -0.2) is 4.98 Å². The van der Waals surface area contributed by atoms with Gasteiger partial charge in [-0.2, -0.15) is 5.10 Å². The van der Waals surface area contributed by atoms with E-state index >= 15 is 0 Å². The summed E-state index contributed by atoms with van der Waals surface area (Å²) in [7, 11) is 0. The zero-order valence-corrected chi connectivity index (χ0v) is 7.10. The van der Waals surface area contributed by atoms with Crippen molar-refractivity contribution in [3.63, 3.8) is 0 Å². The summed E-state index contributed by atoms with van der Waals surface area (Å²) in [5.41, 5.74) is 0. The van der Waals surface area contributed by atoms with Crippen LogP contribution < -0.4 is 0 Å². The van der Waals surface area contributed by atoms with Gasteiger partial charge in [0.05, 0.1) is 5.88 Å². The Morgan fingerprint density at radius 1 is 1.73 bits per heavy atom. The molecule has 0 aliphatic heterocycles. The van der Waals surface area contributed by atoms with Gasteiger partial charge in [0, 0.05) is 5.92 Å². The van der Waals surface area contributed by atoms with Crippen molar-refractivity contribution in [2.24, 2.45) is 5.92 Å². The van der Waals surface area contributed by atoms with Gasteiger partial charge in [0.15, 0.2) is 5.82 Å². The van der Waals surface area contributed by atoms with Gasteiger partial charge < -0.3 is 0 Å². The normalized spacial score (nSPS) is 28.9. The first kappa shape index (κ1) is 7.10. The summed E-state index contributed by atoms with van der Waals surface area (Å²) in [4.78, 5) is 4.24. The molecule has 3 nitrogen and oxygen atoms in total. The van der Waals surface area contributed by atoms with E-state index in [1.807, 2.05) is 0 Å². The minimum Gasteiger partial charge on any atom is -0.262 e. The average molecular weight is 172 g/mol. The molecular weight excluding hydrogens is 162 g/mol. The Morgan fingerprint density at radius 3 is 2.91 bits per heavy atom. The predicted molar refractivity (Wildman–Crippen MR) is 42.5 cm³/mol. The maximum absolute atomic E-state index is 5.57. The zero-order chi connectivity index (χ0) is 7.84. The molecule has 1 aliphatic carbocycles. The third-order valence-corrected chi connectivity index (χ3v) is 2.37. The molecule has 1 N–H and O–H groups in total. The SMILES string of the molecule is CC1CC1c1n[nH]c(CCl)n1. The van der Waals surface area contributed by atoms with Crippen LogP contribution in [-0.2, 0) is 5.88 Å². The minimum absolute atomic E-state index is 0.425. The second kappa shape index (κ2) is 2.48. The van der Waals surface area contributed by atoms with Crippen LogP contribution in [0, 0.1) is 5.92 Å². The van der Waals surface area contributed by atoms with E-state index in [9.17, 15) is 0 Å². The molecule has 11 heavy (non-hydrogen) atoms. The Bertz CT molecular complexity index is 258. The molecule has 0 radical (unpaired) electrons. The predicted octanol–water partition coefficient (Wildman–Crippen LogP) is 1.67. The maximum atomic E-state index is 5.57. The molecule has 0 amide bonds. The standard InChI is InChI=1S/C7H10ClN3/c1-4-2-5(4)7-9-6(3-8)10-11-7/h4-5H,2-3H2,1H3,(H,9,10,11). The summed E-state index contributed by atoms with van der Waals surface area (Å²) < 4.78 is 0. The summed E-state index contributed by atoms with van der Waals surface area (Å²) >= 11 is 5.57. The van der Waals surface area contributed by atoms with Gasteiger partial charge in [0.1, 0.15) is 5.82 Å². The average Bonchev–Trinajstić information content (AvgIpc) is 2.59. The highest BCUT2D eigenvalue weighted by atomic mass is 35.5. The van der Waals surface area contributed by atoms with Crippen LogP contribution in [0.5, 0.6) is 0 Å². The molecule has 60 valence electrons. The molecule has 1 aliphatic rings. The number of rotatable bonds is 2. The molecule has 0 bridgehead atoms. The van der Waals surface area contributed by atoms with Gasteiger partial charge >= 0.3 is 0 Å². The highest BCUT2D eigenvalue weighted by Gasteiger charge is 2.37. The highest BCUT2D eigenvalue weighted by Crippen LogP contribution is 2.45. The number of hydrogen-bond acceptors (Lipinski definition) is 2. The van der Waals surface area contributed by atoms with Crippen molar-refractivity contribution >= 4 is 11.6 Å². The van der Waals surface area contributed by atoms with Crippen LogP contribution in [0.25, 0.3) is 0 Å². The molecule has 1 aromatic heterocycles. The zero-order valence-electron chi connectivity index (χ0n) is 6.34. The van der Waals surface area contributed by atoms with Crippen molar-refractivity contribution in [2.75, 3.05) is 0 Å². The number of nitrogens with zero attached hydrogens (tertiary/aromatic N) is 2. The molecule has 0 spiro atoms. The smallest absolute Gasteiger partial charge is 0.154 e. The van der Waals surface area contributed by atoms with Crippen LogP contribution in [0.3, 0.4) is 0 Å². The monoisotopic (exact) mass is 171 g/mol. The van der Waals surface area contributed by atoms with Gasteiger partial charge in [0.25, 0.3) is 0 Å². The van der Waals surface area contributed by atoms with Crippen molar-refractivity contribution in [1.29, 1.82) is 0 Å². The van der Waals surface area contributed by atoms with Crippen molar-refractivity contribution < 1.29 is 0 Å². The summed E-state index contributed by atoms with van der Waals surface area (Å²) in [6, 6.07) is 0. The fourth-order valence-corrected chi connectivity index (χ4v) is 1.34. The van der Waals surface area contributed by atoms with E-state index in [2.05, 4.69) is 22.1 Å². The Labute approximate surface area is 70.2 Å². The molecule has 2 rings (SSSR count). The van der Waals surface area contributed by atoms with E-state index in [0.717, 1.165) is 17.6 Å². The van der Waals surface area contributed by atoms with Gasteiger partial charge in [0.2, 0.25) is 0 Å². The molecule has 1 saturated carbocycles. The van der Waals surface area contributed by atoms with E-state index in [1.165, 1.54) is 6.42 Å². The Hall–Kier alpha value is -0.570. The molecule has 0 aromatic carbocycles. The van der Waals surface area contributed by atoms with Gasteiger partial charge in [-0.05, 0) is 12.3 Å². The minimum atomic E-state index is 0.425. The lowest BCUT2D eigenvalue weighted by molar-refractivity contribution is 0.848. The fourth-order valence-electron chi connectivity index (χ4n) is 1.22. The molecule has 4 heteroatoms. The summed E-state index contributed by atoms with van der Waals surface area (Å²) in [6.45, 7) is 2.21. The quantitative estimate of drug-likeness (QED) is 0.688. The molecule has 2 unspecified atom stereocenters. The van der Waals surface area contributed by atoms with E-state index in [1.54, 1.807) is 0 Å². The third-order valence-electron chi connectivity index (χ3n) is 2.12. The fraction of sp³-hybridized carbons (Fsp3) is 0.714. The molecule has 0 saturated heterocycles. The summed E-state index contributed by atoms with van der Waals surface area (Å²) in [5, 5.41) is 6.88. The Kier molecular flexibility index (Phi) is 1.60. The van der Waals surface area contributed by atoms with Gasteiger partial charge in [-0.3, -0.25) is 5.10 Å². The lowest BCUT2D eigenvalue weighted by atomic mass is 10.3. The van der Waals surface area contributed by atoms with E-state index in [-0.39, 0.29) is 0 Å². The van der Waals surface area contributed by atoms with E-state index < -0.39 is 0 Å². The van der Waals surface area contributed by atoms with Gasteiger partial charge in [-0.15, -0.1) is 11.6 Å². The lowest BCUT2D eigenvalue weighted by Crippen LogP contribution is -1.84. The third kappa shape index (κ3) is 1.25. The maximum Gasteiger partial charge on any atom is 0.154 e. The van der Waals surface area contributed by atoms with Crippen LogP contribution in [-0.4, -0.2) is 15.2 Å². The van der Waals surface area contributed by atoms with Crippen LogP contribution in [0.15, 0.2) is 0 Å². The van der Waals surface area contributed by atoms with E-state index in [4.69, 9.17) is 11.6 Å². The van der Waals surface area contributed by atoms with Crippen molar-refractivity contribution in [1.82, 2.24) is 15.2 Å². The number of alkyl halides is 1. The van der Waals surface area contributed by atoms with Crippen LogP contribution in [0.1, 0.15) is 30.9 Å². The summed E-state index contributed by atoms with van der Waals surface area (Å²) in [5.74, 6) is 3.49. The van der Waals surface area contributed by atoms with Crippen LogP contribution >= 0.6 is 11.6 Å². The summed E-state index contributed by atoms with van der Waals surface area (Å²) in [6.07, 6.45) is 1.22. The first-order valence-corrected chi connectivity index (χ1v) is 4.32. The number of nitrogens with one attached hydrogen (secondary N) is 1. The second-order valence-corrected chi connectivity index (χ2v) is 3.36. The number of aromatic nitrogens is 3. The topological polar surface area (TPSA) is 41.6 Å². The van der Waals surface area contributed by atoms with Crippen molar-refractivity contribution in [2.45, 2.75) is 25.1 Å². The largest absolute Gasteiger partial charge is 0.262 e. The second-order valence-electron chi connectivity index (χ2n) is 3.09. The highest BCUT2D eigenvalue weighted by molar-refractivity contribution is 6.16. The van der Waals surface area contributed by atoms with Crippen LogP contribution in [0.4, 0.5) is 0 Å². The molecule has 2 atom stereocenters. The molecular formula is C7H10ClN3.